The van der Waals surface area contributed by atoms with Crippen LogP contribution in [0.1, 0.15) is 58.4 Å². The fraction of sp³-hybridized carbons (Fsp3) is 0.630. The molecule has 0 bridgehead atoms. The Morgan fingerprint density at radius 2 is 2.11 bits per heavy atom. The van der Waals surface area contributed by atoms with Crippen molar-refractivity contribution in [3.63, 3.8) is 0 Å². The summed E-state index contributed by atoms with van der Waals surface area (Å²) in [4.78, 5) is 18.9. The quantitative estimate of drug-likeness (QED) is 0.397. The van der Waals surface area contributed by atoms with Crippen molar-refractivity contribution in [2.75, 3.05) is 19.7 Å². The summed E-state index contributed by atoms with van der Waals surface area (Å²) in [7, 11) is 0. The molecular weight excluding hydrogens is 467 g/mol. The zero-order chi connectivity index (χ0) is 25.4. The van der Waals surface area contributed by atoms with Gasteiger partial charge in [-0.2, -0.15) is 0 Å². The number of nitrogens with one attached hydrogen (secondary N) is 1. The van der Waals surface area contributed by atoms with E-state index in [9.17, 15) is 9.18 Å². The molecule has 0 spiro atoms. The van der Waals surface area contributed by atoms with Crippen LogP contribution in [-0.2, 0) is 11.2 Å². The molecular formula is C27H40ClFN4O2. The van der Waals surface area contributed by atoms with Crippen molar-refractivity contribution in [3.8, 4) is 5.75 Å². The molecule has 1 aliphatic carbocycles. The van der Waals surface area contributed by atoms with Crippen LogP contribution in [0.5, 0.6) is 5.75 Å². The number of ether oxygens (including phenoxy) is 1. The molecule has 2 unspecified atom stereocenters. The second-order valence-electron chi connectivity index (χ2n) is 9.94. The average Bonchev–Trinajstić information content (AvgIpc) is 3.63. The van der Waals surface area contributed by atoms with Crippen molar-refractivity contribution < 1.29 is 13.9 Å². The highest BCUT2D eigenvalue weighted by Gasteiger charge is 2.43. The zero-order valence-electron chi connectivity index (χ0n) is 21.2. The highest BCUT2D eigenvalue weighted by Crippen LogP contribution is 2.49. The van der Waals surface area contributed by atoms with Gasteiger partial charge in [-0.15, -0.1) is 0 Å². The molecule has 1 aromatic rings. The van der Waals surface area contributed by atoms with E-state index in [1.54, 1.807) is 18.3 Å². The van der Waals surface area contributed by atoms with Crippen molar-refractivity contribution in [2.24, 2.45) is 28.5 Å². The summed E-state index contributed by atoms with van der Waals surface area (Å²) in [5.41, 5.74) is 5.78. The Balaban J connectivity index is 1.35. The topological polar surface area (TPSA) is 80.0 Å². The number of carbonyl (C=O) groups is 1. The second kappa shape index (κ2) is 13.3. The molecule has 1 saturated heterocycles. The Labute approximate surface area is 214 Å². The molecule has 1 amide bonds. The number of rotatable bonds is 12. The summed E-state index contributed by atoms with van der Waals surface area (Å²) in [5, 5.41) is 3.32. The van der Waals surface area contributed by atoms with Crippen LogP contribution in [0.3, 0.4) is 0 Å². The lowest BCUT2D eigenvalue weighted by molar-refractivity contribution is -0.121. The number of carbonyl (C=O) groups excluding carboxylic acids is 1. The predicted molar refractivity (Wildman–Crippen MR) is 140 cm³/mol. The number of nitrogens with zero attached hydrogens (tertiary/aromatic N) is 2. The second-order valence-corrected chi connectivity index (χ2v) is 10.4. The van der Waals surface area contributed by atoms with Crippen LogP contribution in [0.25, 0.3) is 0 Å². The largest absolute Gasteiger partial charge is 0.493 e. The van der Waals surface area contributed by atoms with E-state index in [-0.39, 0.29) is 24.5 Å². The van der Waals surface area contributed by atoms with Crippen molar-refractivity contribution in [2.45, 2.75) is 71.5 Å². The highest BCUT2D eigenvalue weighted by atomic mass is 35.5. The molecule has 6 nitrogen and oxygen atoms in total. The first-order chi connectivity index (χ1) is 16.8. The number of hydrogen-bond acceptors (Lipinski definition) is 5. The SMILES string of the molecule is CCC(C)NC(=O)Cc1ccc(OCC[C@@H]2C[C@@H]2C2CCN(C(C)/N=C\C(Cl)=C/N)CC2)cc1F. The van der Waals surface area contributed by atoms with Gasteiger partial charge in [-0.25, -0.2) is 4.39 Å². The summed E-state index contributed by atoms with van der Waals surface area (Å²) in [6.07, 6.45) is 8.62. The van der Waals surface area contributed by atoms with Gasteiger partial charge in [-0.3, -0.25) is 14.7 Å². The lowest BCUT2D eigenvalue weighted by atomic mass is 9.90. The van der Waals surface area contributed by atoms with Gasteiger partial charge in [-0.05, 0) is 75.3 Å². The van der Waals surface area contributed by atoms with Crippen molar-refractivity contribution >= 4 is 23.7 Å². The van der Waals surface area contributed by atoms with Gasteiger partial charge in [0.2, 0.25) is 5.91 Å². The van der Waals surface area contributed by atoms with Gasteiger partial charge < -0.3 is 15.8 Å². The summed E-state index contributed by atoms with van der Waals surface area (Å²) in [5.74, 6) is 2.21. The third-order valence-corrected chi connectivity index (χ3v) is 7.63. The van der Waals surface area contributed by atoms with E-state index < -0.39 is 5.82 Å². The molecule has 2 aliphatic rings. The average molecular weight is 507 g/mol. The minimum atomic E-state index is -0.391. The molecule has 1 aliphatic heterocycles. The van der Waals surface area contributed by atoms with Crippen LogP contribution in [0.4, 0.5) is 4.39 Å². The Morgan fingerprint density at radius 1 is 1.37 bits per heavy atom. The van der Waals surface area contributed by atoms with E-state index in [0.717, 1.165) is 37.8 Å². The Hall–Kier alpha value is -2.12. The summed E-state index contributed by atoms with van der Waals surface area (Å²) in [6.45, 7) is 8.72. The van der Waals surface area contributed by atoms with Crippen molar-refractivity contribution in [3.05, 3.63) is 40.8 Å². The number of benzene rings is 1. The monoisotopic (exact) mass is 506 g/mol. The van der Waals surface area contributed by atoms with E-state index in [1.165, 1.54) is 31.5 Å². The van der Waals surface area contributed by atoms with E-state index in [2.05, 4.69) is 22.1 Å². The first-order valence-corrected chi connectivity index (χ1v) is 13.2. The molecule has 0 aromatic heterocycles. The van der Waals surface area contributed by atoms with Gasteiger partial charge in [0.1, 0.15) is 11.6 Å². The normalized spacial score (nSPS) is 23.3. The molecule has 1 heterocycles. The van der Waals surface area contributed by atoms with E-state index in [1.807, 2.05) is 13.8 Å². The first kappa shape index (κ1) is 27.5. The van der Waals surface area contributed by atoms with Crippen LogP contribution in [0, 0.1) is 23.6 Å². The minimum Gasteiger partial charge on any atom is -0.493 e. The molecule has 35 heavy (non-hydrogen) atoms. The number of aliphatic imine (C=N–C) groups is 1. The molecule has 3 N–H and O–H groups in total. The van der Waals surface area contributed by atoms with Gasteiger partial charge in [-0.1, -0.05) is 24.6 Å². The van der Waals surface area contributed by atoms with Crippen LogP contribution in [0.15, 0.2) is 34.4 Å². The number of amides is 1. The van der Waals surface area contributed by atoms with E-state index >= 15 is 0 Å². The number of likely N-dealkylation sites (tertiary alicyclic amines) is 1. The van der Waals surface area contributed by atoms with Gasteiger partial charge in [0, 0.05) is 37.6 Å². The lowest BCUT2D eigenvalue weighted by Gasteiger charge is -2.34. The number of hydrogen-bond donors (Lipinski definition) is 2. The number of nitrogens with two attached hydrogens (primary N) is 1. The van der Waals surface area contributed by atoms with Crippen LogP contribution in [0.2, 0.25) is 0 Å². The number of piperidine rings is 1. The van der Waals surface area contributed by atoms with Crippen molar-refractivity contribution in [1.29, 1.82) is 0 Å². The lowest BCUT2D eigenvalue weighted by Crippen LogP contribution is -2.39. The summed E-state index contributed by atoms with van der Waals surface area (Å²) < 4.78 is 20.3. The maximum atomic E-state index is 14.4. The minimum absolute atomic E-state index is 0.0443. The fourth-order valence-corrected chi connectivity index (χ4v) is 4.96. The van der Waals surface area contributed by atoms with Gasteiger partial charge in [0.25, 0.3) is 0 Å². The van der Waals surface area contributed by atoms with Gasteiger partial charge in [0.15, 0.2) is 0 Å². The van der Waals surface area contributed by atoms with E-state index in [0.29, 0.717) is 28.9 Å². The highest BCUT2D eigenvalue weighted by molar-refractivity contribution is 6.39. The Bertz CT molecular complexity index is 901. The van der Waals surface area contributed by atoms with Gasteiger partial charge in [0.05, 0.1) is 24.2 Å². The molecule has 3 rings (SSSR count). The Kier molecular flexibility index (Phi) is 10.4. The smallest absolute Gasteiger partial charge is 0.224 e. The molecule has 4 atom stereocenters. The molecule has 194 valence electrons. The van der Waals surface area contributed by atoms with Gasteiger partial charge >= 0.3 is 0 Å². The van der Waals surface area contributed by atoms with Crippen molar-refractivity contribution in [1.82, 2.24) is 10.2 Å². The molecule has 8 heteroatoms. The molecule has 1 aromatic carbocycles. The number of allylic oxidation sites excluding steroid dienone is 1. The fourth-order valence-electron chi connectivity index (χ4n) is 4.91. The first-order valence-electron chi connectivity index (χ1n) is 12.9. The third kappa shape index (κ3) is 8.50. The zero-order valence-corrected chi connectivity index (χ0v) is 21.9. The van der Waals surface area contributed by atoms with Crippen LogP contribution in [-0.4, -0.2) is 48.9 Å². The summed E-state index contributed by atoms with van der Waals surface area (Å²) >= 11 is 5.90. The van der Waals surface area contributed by atoms with E-state index in [4.69, 9.17) is 22.1 Å². The molecule has 0 radical (unpaired) electrons. The standard InChI is InChI=1S/C27H40ClFN4O2/c1-4-18(2)32-27(34)14-22-5-6-24(15-26(22)29)35-12-9-21-13-25(21)20-7-10-33(11-8-20)19(3)31-17-23(28)16-30/h5-6,15-21,25H,4,7-14,30H2,1-3H3,(H,32,34)/b23-16+,31-17-/t18?,19?,21-,25-/m1/s1. The molecule has 2 fully saturated rings. The van der Waals surface area contributed by atoms with Crippen LogP contribution >= 0.6 is 11.6 Å². The summed E-state index contributed by atoms with van der Waals surface area (Å²) in [6, 6.07) is 4.90. The third-order valence-electron chi connectivity index (χ3n) is 7.41. The maximum absolute atomic E-state index is 14.4. The molecule has 1 saturated carbocycles. The number of halogens is 2. The Morgan fingerprint density at radius 3 is 2.77 bits per heavy atom. The van der Waals surface area contributed by atoms with Crippen LogP contribution < -0.4 is 15.8 Å². The maximum Gasteiger partial charge on any atom is 0.224 e. The predicted octanol–water partition coefficient (Wildman–Crippen LogP) is 4.86.